The Morgan fingerprint density at radius 2 is 2.11 bits per heavy atom. The lowest BCUT2D eigenvalue weighted by molar-refractivity contribution is -0.145. The summed E-state index contributed by atoms with van der Waals surface area (Å²) in [5, 5.41) is 19.1. The predicted molar refractivity (Wildman–Crippen MR) is 137 cm³/mol. The predicted octanol–water partition coefficient (Wildman–Crippen LogP) is 4.71. The van der Waals surface area contributed by atoms with Crippen molar-refractivity contribution in [3.63, 3.8) is 0 Å². The fourth-order valence-electron chi connectivity index (χ4n) is 6.05. The number of para-hydroxylation sites is 1. The van der Waals surface area contributed by atoms with Crippen LogP contribution in [0, 0.1) is 29.5 Å². The Morgan fingerprint density at radius 3 is 2.86 bits per heavy atom. The molecule has 0 saturated carbocycles. The monoisotopic (exact) mass is 480 g/mol. The third-order valence-electron chi connectivity index (χ3n) is 8.12. The fraction of sp³-hybridized carbons (Fsp3) is 0.286. The van der Waals surface area contributed by atoms with Crippen molar-refractivity contribution >= 4 is 33.5 Å². The molecule has 2 fully saturated rings. The Labute approximate surface area is 207 Å². The van der Waals surface area contributed by atoms with Crippen molar-refractivity contribution in [3.8, 4) is 17.2 Å². The number of benzene rings is 2. The number of pyridine rings is 1. The van der Waals surface area contributed by atoms with E-state index in [-0.39, 0.29) is 22.9 Å². The molecule has 4 aromatic rings. The highest BCUT2D eigenvalue weighted by molar-refractivity contribution is 6.08. The molecule has 2 aliphatic heterocycles. The number of likely N-dealkylation sites (tertiary alicyclic amines) is 1. The zero-order valence-corrected chi connectivity index (χ0v) is 20.2. The van der Waals surface area contributed by atoms with Crippen molar-refractivity contribution in [1.82, 2.24) is 20.1 Å². The summed E-state index contributed by atoms with van der Waals surface area (Å²) in [5.74, 6) is -0.00563. The third kappa shape index (κ3) is 2.99. The highest BCUT2D eigenvalue weighted by atomic mass is 19.1. The summed E-state index contributed by atoms with van der Waals surface area (Å²) < 4.78 is 15.2. The molecule has 0 radical (unpaired) electrons. The molecule has 2 aromatic carbocycles. The van der Waals surface area contributed by atoms with E-state index < -0.39 is 5.82 Å². The van der Waals surface area contributed by atoms with Crippen molar-refractivity contribution in [2.24, 2.45) is 5.41 Å². The van der Waals surface area contributed by atoms with Crippen LogP contribution in [0.2, 0.25) is 0 Å². The Balaban J connectivity index is 1.54. The maximum Gasteiger partial charge on any atom is 0.246 e. The van der Waals surface area contributed by atoms with Crippen molar-refractivity contribution in [1.29, 1.82) is 5.26 Å². The lowest BCUT2D eigenvalue weighted by Crippen LogP contribution is -2.65. The van der Waals surface area contributed by atoms with E-state index in [1.54, 1.807) is 12.3 Å². The van der Waals surface area contributed by atoms with Crippen LogP contribution < -0.4 is 4.90 Å². The van der Waals surface area contributed by atoms with Gasteiger partial charge in [0.15, 0.2) is 0 Å². The number of aromatic amines is 1. The van der Waals surface area contributed by atoms with Crippen LogP contribution in [0.4, 0.5) is 10.2 Å². The van der Waals surface area contributed by atoms with E-state index in [0.29, 0.717) is 42.0 Å². The minimum absolute atomic E-state index is 0.0529. The number of H-pyrrole nitrogens is 1. The van der Waals surface area contributed by atoms with E-state index >= 15 is 4.39 Å². The number of aromatic nitrogens is 3. The first kappa shape index (κ1) is 22.2. The van der Waals surface area contributed by atoms with Gasteiger partial charge in [-0.05, 0) is 49.6 Å². The van der Waals surface area contributed by atoms with Crippen LogP contribution >= 0.6 is 0 Å². The first-order chi connectivity index (χ1) is 17.4. The average molecular weight is 481 g/mol. The molecule has 1 spiro atoms. The largest absolute Gasteiger partial charge is 0.355 e. The number of hydrogen-bond acceptors (Lipinski definition) is 5. The summed E-state index contributed by atoms with van der Waals surface area (Å²) >= 11 is 0. The number of carbonyl (C=O) groups excluding carboxylic acids is 1. The number of anilines is 1. The number of rotatable bonds is 3. The maximum absolute atomic E-state index is 15.2. The second-order valence-corrected chi connectivity index (χ2v) is 9.90. The van der Waals surface area contributed by atoms with Gasteiger partial charge in [-0.25, -0.2) is 9.37 Å². The summed E-state index contributed by atoms with van der Waals surface area (Å²) in [7, 11) is 0. The average Bonchev–Trinajstić information content (AvgIpc) is 3.55. The van der Waals surface area contributed by atoms with Gasteiger partial charge in [0.05, 0.1) is 11.7 Å². The molecule has 1 amide bonds. The van der Waals surface area contributed by atoms with Gasteiger partial charge in [-0.2, -0.15) is 10.4 Å². The number of halogens is 1. The van der Waals surface area contributed by atoms with Gasteiger partial charge in [0.1, 0.15) is 28.8 Å². The molecule has 0 bridgehead atoms. The van der Waals surface area contributed by atoms with Crippen LogP contribution in [-0.2, 0) is 4.79 Å². The van der Waals surface area contributed by atoms with E-state index in [1.807, 2.05) is 30.0 Å². The normalized spacial score (nSPS) is 21.2. The Bertz CT molecular complexity index is 1620. The summed E-state index contributed by atoms with van der Waals surface area (Å²) in [6.07, 6.45) is 3.96. The summed E-state index contributed by atoms with van der Waals surface area (Å²) in [4.78, 5) is 20.8. The molecule has 0 unspecified atom stereocenters. The standard InChI is InChI=1S/C28H25FN6O/c1-4-23(36)35-15-28(17(35)3)10-11-34(14-28)27-19(12-30)25(18-6-5-7-21(29)26(18)32-27)24-16(2)8-9-22-20(24)13-31-33-22/h4-9,13,17H,1,10-11,14-15H2,2-3H3,(H,31,33)/t17-,28-/m1/s1. The van der Waals surface area contributed by atoms with E-state index in [9.17, 15) is 10.1 Å². The molecule has 0 aliphatic carbocycles. The number of nitrogens with one attached hydrogen (secondary N) is 1. The lowest BCUT2D eigenvalue weighted by Gasteiger charge is -2.54. The highest BCUT2D eigenvalue weighted by Crippen LogP contribution is 2.48. The van der Waals surface area contributed by atoms with E-state index in [2.05, 4.69) is 34.7 Å². The molecule has 1 N–H and O–H groups in total. The van der Waals surface area contributed by atoms with Crippen molar-refractivity contribution in [3.05, 3.63) is 66.1 Å². The number of nitriles is 1. The number of aryl methyl sites for hydroxylation is 1. The molecule has 2 aliphatic rings. The van der Waals surface area contributed by atoms with Crippen LogP contribution in [0.25, 0.3) is 32.9 Å². The minimum atomic E-state index is -0.426. The molecule has 8 heteroatoms. The van der Waals surface area contributed by atoms with Gasteiger partial charge < -0.3 is 9.80 Å². The second-order valence-electron chi connectivity index (χ2n) is 9.90. The Hall–Kier alpha value is -4.25. The van der Waals surface area contributed by atoms with Gasteiger partial charge in [0.2, 0.25) is 5.91 Å². The fourth-order valence-corrected chi connectivity index (χ4v) is 6.05. The SMILES string of the molecule is C=CC(=O)N1C[C@]2(CCN(c3nc4c(F)cccc4c(-c4c(C)ccc5[nH]ncc45)c3C#N)C2)[C@H]1C. The number of nitrogens with zero attached hydrogens (tertiary/aromatic N) is 5. The quantitative estimate of drug-likeness (QED) is 0.429. The third-order valence-corrected chi connectivity index (χ3v) is 8.12. The lowest BCUT2D eigenvalue weighted by atomic mass is 9.71. The van der Waals surface area contributed by atoms with Crippen LogP contribution in [0.3, 0.4) is 0 Å². The van der Waals surface area contributed by atoms with Gasteiger partial charge in [0.25, 0.3) is 0 Å². The number of carbonyl (C=O) groups is 1. The zero-order valence-electron chi connectivity index (χ0n) is 20.2. The maximum atomic E-state index is 15.2. The Morgan fingerprint density at radius 1 is 1.28 bits per heavy atom. The summed E-state index contributed by atoms with van der Waals surface area (Å²) in [6.45, 7) is 9.61. The topological polar surface area (TPSA) is 88.9 Å². The number of fused-ring (bicyclic) bond motifs is 2. The molecule has 36 heavy (non-hydrogen) atoms. The number of hydrogen-bond donors (Lipinski definition) is 1. The molecule has 2 atom stereocenters. The van der Waals surface area contributed by atoms with Gasteiger partial charge in [-0.15, -0.1) is 0 Å². The van der Waals surface area contributed by atoms with Crippen molar-refractivity contribution in [2.75, 3.05) is 24.5 Å². The molecule has 7 nitrogen and oxygen atoms in total. The zero-order chi connectivity index (χ0) is 25.2. The smallest absolute Gasteiger partial charge is 0.246 e. The van der Waals surface area contributed by atoms with Gasteiger partial charge in [-0.1, -0.05) is 24.8 Å². The van der Waals surface area contributed by atoms with Gasteiger partial charge >= 0.3 is 0 Å². The molecule has 2 aromatic heterocycles. The van der Waals surface area contributed by atoms with Crippen LogP contribution in [0.15, 0.2) is 49.2 Å². The molecular formula is C28H25FN6O. The first-order valence-corrected chi connectivity index (χ1v) is 12.0. The molecule has 180 valence electrons. The van der Waals surface area contributed by atoms with Gasteiger partial charge in [-0.3, -0.25) is 9.89 Å². The first-order valence-electron chi connectivity index (χ1n) is 12.0. The van der Waals surface area contributed by atoms with Crippen LogP contribution in [-0.4, -0.2) is 51.7 Å². The summed E-state index contributed by atoms with van der Waals surface area (Å²) in [5.41, 5.74) is 3.92. The molecule has 4 heterocycles. The molecule has 6 rings (SSSR count). The van der Waals surface area contributed by atoms with Crippen LogP contribution in [0.1, 0.15) is 24.5 Å². The molecular weight excluding hydrogens is 455 g/mol. The molecule has 2 saturated heterocycles. The van der Waals surface area contributed by atoms with Crippen molar-refractivity contribution in [2.45, 2.75) is 26.3 Å². The van der Waals surface area contributed by atoms with Crippen LogP contribution in [0.5, 0.6) is 0 Å². The van der Waals surface area contributed by atoms with E-state index in [1.165, 1.54) is 12.1 Å². The van der Waals surface area contributed by atoms with Gasteiger partial charge in [0, 0.05) is 47.4 Å². The highest BCUT2D eigenvalue weighted by Gasteiger charge is 2.55. The Kier molecular flexibility index (Phi) is 4.87. The summed E-state index contributed by atoms with van der Waals surface area (Å²) in [6, 6.07) is 11.3. The van der Waals surface area contributed by atoms with Crippen molar-refractivity contribution < 1.29 is 9.18 Å². The van der Waals surface area contributed by atoms with E-state index in [4.69, 9.17) is 4.98 Å². The second kappa shape index (κ2) is 7.89. The minimum Gasteiger partial charge on any atom is -0.355 e. The van der Waals surface area contributed by atoms with E-state index in [0.717, 1.165) is 28.5 Å². The number of amides is 1.